The molecule has 2 aliphatic rings. The topological polar surface area (TPSA) is 133 Å². The first-order chi connectivity index (χ1) is 17.6. The van der Waals surface area contributed by atoms with Crippen LogP contribution in [0.1, 0.15) is 40.3 Å². The van der Waals surface area contributed by atoms with E-state index in [-0.39, 0.29) is 29.9 Å². The molecule has 6 rings (SSSR count). The summed E-state index contributed by atoms with van der Waals surface area (Å²) < 4.78 is 12.9. The molecule has 2 aliphatic heterocycles. The predicted molar refractivity (Wildman–Crippen MR) is 134 cm³/mol. The number of aromatic nitrogens is 1. The van der Waals surface area contributed by atoms with E-state index in [1.807, 2.05) is 26.8 Å². The van der Waals surface area contributed by atoms with Crippen molar-refractivity contribution in [1.29, 1.82) is 0 Å². The van der Waals surface area contributed by atoms with E-state index in [1.54, 1.807) is 21.8 Å². The first-order valence-corrected chi connectivity index (χ1v) is 12.3. The van der Waals surface area contributed by atoms with Gasteiger partial charge in [-0.25, -0.2) is 10.0 Å². The number of hydrogen-bond acceptors (Lipinski definition) is 7. The molecule has 0 aliphatic carbocycles. The van der Waals surface area contributed by atoms with Crippen LogP contribution in [-0.4, -0.2) is 33.7 Å². The maximum atomic E-state index is 13.4. The Morgan fingerprint density at radius 3 is 2.65 bits per heavy atom. The number of likely N-dealkylation sites (tertiary alicyclic amines) is 1. The number of hydrogen-bond donors (Lipinski definition) is 2. The van der Waals surface area contributed by atoms with E-state index in [0.717, 1.165) is 39.6 Å². The van der Waals surface area contributed by atoms with Crippen LogP contribution >= 0.6 is 0 Å². The molecule has 1 aromatic carbocycles. The predicted octanol–water partition coefficient (Wildman–Crippen LogP) is 2.22. The van der Waals surface area contributed by atoms with E-state index >= 15 is 0 Å². The SMILES string of the molecule is Cc1coc2c(C)c3oc(=O)c(CC(=O)N4CC5C[C@@H](C4)Cn4c5ccc([NH+]([O-])O)c4=O)c(C)c3cc12. The van der Waals surface area contributed by atoms with Crippen molar-refractivity contribution in [3.8, 4) is 0 Å². The fourth-order valence-electron chi connectivity index (χ4n) is 6.10. The maximum Gasteiger partial charge on any atom is 0.340 e. The van der Waals surface area contributed by atoms with Gasteiger partial charge in [0.2, 0.25) is 11.6 Å². The normalized spacial score (nSPS) is 19.9. The molecule has 1 fully saturated rings. The fourth-order valence-corrected chi connectivity index (χ4v) is 6.10. The summed E-state index contributed by atoms with van der Waals surface area (Å²) in [4.78, 5) is 40.9. The summed E-state index contributed by atoms with van der Waals surface area (Å²) in [6, 6.07) is 4.98. The number of fused-ring (bicyclic) bond motifs is 6. The first-order valence-electron chi connectivity index (χ1n) is 12.3. The zero-order valence-corrected chi connectivity index (χ0v) is 20.8. The van der Waals surface area contributed by atoms with Gasteiger partial charge >= 0.3 is 11.2 Å². The van der Waals surface area contributed by atoms with E-state index in [2.05, 4.69) is 0 Å². The molecule has 2 bridgehead atoms. The Morgan fingerprint density at radius 2 is 1.89 bits per heavy atom. The third-order valence-electron chi connectivity index (χ3n) is 8.05. The minimum Gasteiger partial charge on any atom is -0.595 e. The monoisotopic (exact) mass is 505 g/mol. The average Bonchev–Trinajstić information content (AvgIpc) is 3.23. The van der Waals surface area contributed by atoms with Crippen molar-refractivity contribution in [1.82, 2.24) is 9.47 Å². The molecule has 0 saturated carbocycles. The molecule has 10 heteroatoms. The molecule has 0 spiro atoms. The van der Waals surface area contributed by atoms with Crippen molar-refractivity contribution in [2.75, 3.05) is 13.1 Å². The summed E-state index contributed by atoms with van der Waals surface area (Å²) in [5, 5.41) is 21.2. The molecule has 1 saturated heterocycles. The van der Waals surface area contributed by atoms with Crippen LogP contribution in [0.25, 0.3) is 21.9 Å². The molecule has 0 radical (unpaired) electrons. The smallest absolute Gasteiger partial charge is 0.340 e. The van der Waals surface area contributed by atoms with Crippen LogP contribution in [0, 0.1) is 31.9 Å². The lowest BCUT2D eigenvalue weighted by Crippen LogP contribution is -3.00. The van der Waals surface area contributed by atoms with Gasteiger partial charge in [-0.3, -0.25) is 9.59 Å². The highest BCUT2D eigenvalue weighted by atomic mass is 16.8. The molecule has 37 heavy (non-hydrogen) atoms. The highest BCUT2D eigenvalue weighted by Gasteiger charge is 2.37. The van der Waals surface area contributed by atoms with Crippen molar-refractivity contribution in [3.05, 3.63) is 78.4 Å². The van der Waals surface area contributed by atoms with E-state index in [9.17, 15) is 24.8 Å². The van der Waals surface area contributed by atoms with Gasteiger partial charge in [0.05, 0.1) is 18.2 Å². The second kappa shape index (κ2) is 8.41. The van der Waals surface area contributed by atoms with Crippen LogP contribution < -0.4 is 16.4 Å². The lowest BCUT2D eigenvalue weighted by atomic mass is 9.83. The molecule has 2 unspecified atom stereocenters. The molecule has 192 valence electrons. The number of nitrogens with one attached hydrogen (secondary N) is 1. The Labute approximate surface area is 210 Å². The number of piperidine rings is 1. The van der Waals surface area contributed by atoms with Crippen LogP contribution in [0.5, 0.6) is 0 Å². The number of rotatable bonds is 3. The van der Waals surface area contributed by atoms with Gasteiger partial charge in [0, 0.05) is 53.6 Å². The van der Waals surface area contributed by atoms with Gasteiger partial charge in [-0.1, -0.05) is 0 Å². The molecule has 4 aromatic rings. The number of nitrogens with zero attached hydrogens (tertiary/aromatic N) is 2. The van der Waals surface area contributed by atoms with Gasteiger partial charge in [-0.2, -0.15) is 5.23 Å². The Kier molecular flexibility index (Phi) is 5.37. The van der Waals surface area contributed by atoms with Gasteiger partial charge < -0.3 is 23.5 Å². The summed E-state index contributed by atoms with van der Waals surface area (Å²) in [7, 11) is 0. The van der Waals surface area contributed by atoms with Gasteiger partial charge in [0.25, 0.3) is 0 Å². The summed E-state index contributed by atoms with van der Waals surface area (Å²) in [6.07, 6.45) is 2.43. The van der Waals surface area contributed by atoms with Crippen molar-refractivity contribution < 1.29 is 24.1 Å². The highest BCUT2D eigenvalue weighted by Crippen LogP contribution is 2.36. The zero-order valence-electron chi connectivity index (χ0n) is 20.8. The van der Waals surface area contributed by atoms with E-state index < -0.39 is 16.4 Å². The molecule has 3 aromatic heterocycles. The molecule has 2 N–H and O–H groups in total. The van der Waals surface area contributed by atoms with Gasteiger partial charge in [0.1, 0.15) is 11.2 Å². The van der Waals surface area contributed by atoms with Crippen LogP contribution in [0.4, 0.5) is 5.69 Å². The minimum absolute atomic E-state index is 0.0334. The molecule has 10 nitrogen and oxygen atoms in total. The highest BCUT2D eigenvalue weighted by molar-refractivity contribution is 6.00. The van der Waals surface area contributed by atoms with Gasteiger partial charge in [0.15, 0.2) is 0 Å². The molecular formula is C27H27N3O7. The van der Waals surface area contributed by atoms with E-state index in [4.69, 9.17) is 8.83 Å². The Hall–Kier alpha value is -3.73. The van der Waals surface area contributed by atoms with Crippen LogP contribution in [0.15, 0.2) is 42.9 Å². The number of pyridine rings is 1. The van der Waals surface area contributed by atoms with Crippen molar-refractivity contribution in [3.63, 3.8) is 0 Å². The number of amides is 1. The summed E-state index contributed by atoms with van der Waals surface area (Å²) >= 11 is 0. The molecule has 5 heterocycles. The third kappa shape index (κ3) is 3.63. The summed E-state index contributed by atoms with van der Waals surface area (Å²) in [5.41, 5.74) is 3.44. The van der Waals surface area contributed by atoms with Crippen molar-refractivity contribution in [2.24, 2.45) is 5.92 Å². The van der Waals surface area contributed by atoms with Crippen LogP contribution in [-0.2, 0) is 17.8 Å². The number of quaternary nitrogens is 1. The van der Waals surface area contributed by atoms with Gasteiger partial charge in [-0.15, -0.1) is 0 Å². The number of furan rings is 1. The number of benzene rings is 1. The largest absolute Gasteiger partial charge is 0.595 e. The van der Waals surface area contributed by atoms with Crippen LogP contribution in [0.3, 0.4) is 0 Å². The van der Waals surface area contributed by atoms with E-state index in [0.29, 0.717) is 36.4 Å². The average molecular weight is 506 g/mol. The summed E-state index contributed by atoms with van der Waals surface area (Å²) in [5.74, 6) is -0.202. The number of carbonyl (C=O) groups excluding carboxylic acids is 1. The molecular weight excluding hydrogens is 478 g/mol. The second-order valence-electron chi connectivity index (χ2n) is 10.3. The Morgan fingerprint density at radius 1 is 1.11 bits per heavy atom. The Bertz CT molecular complexity index is 1710. The van der Waals surface area contributed by atoms with E-state index in [1.165, 1.54) is 6.07 Å². The quantitative estimate of drug-likeness (QED) is 0.322. The zero-order chi connectivity index (χ0) is 26.2. The third-order valence-corrected chi connectivity index (χ3v) is 8.05. The lowest BCUT2D eigenvalue weighted by molar-refractivity contribution is -0.992. The fraction of sp³-hybridized carbons (Fsp3) is 0.370. The minimum atomic E-state index is -1.24. The maximum absolute atomic E-state index is 13.4. The standard InChI is InChI=1S/C27H27N3O7/c1-13-12-36-24-15(3)25-19(7-18(13)24)14(2)20(27(33)37-25)8-23(31)28-9-16-6-17(11-28)21-4-5-22(30(34)35)26(32)29(21)10-16/h4-5,7,12,16-17,30,34H,6,8-11H2,1-3H3/t16-,17?/m0/s1. The lowest BCUT2D eigenvalue weighted by Gasteiger charge is -2.43. The molecule has 1 amide bonds. The number of aryl methyl sites for hydroxylation is 3. The van der Waals surface area contributed by atoms with Crippen molar-refractivity contribution in [2.45, 2.75) is 46.1 Å². The Balaban J connectivity index is 1.31. The van der Waals surface area contributed by atoms with Gasteiger partial charge in [-0.05, 0) is 56.4 Å². The second-order valence-corrected chi connectivity index (χ2v) is 10.3. The number of carbonyl (C=O) groups is 1. The van der Waals surface area contributed by atoms with Crippen molar-refractivity contribution >= 4 is 33.5 Å². The molecule has 3 atom stereocenters. The summed E-state index contributed by atoms with van der Waals surface area (Å²) in [6.45, 7) is 6.88. The van der Waals surface area contributed by atoms with Crippen LogP contribution in [0.2, 0.25) is 0 Å². The first kappa shape index (κ1) is 23.7.